The minimum absolute atomic E-state index is 0.0516. The van der Waals surface area contributed by atoms with Gasteiger partial charge in [-0.1, -0.05) is 23.7 Å². The van der Waals surface area contributed by atoms with Gasteiger partial charge in [0.1, 0.15) is 10.6 Å². The molecule has 6 nitrogen and oxygen atoms in total. The summed E-state index contributed by atoms with van der Waals surface area (Å²) in [6.07, 6.45) is 2.18. The number of ether oxygens (including phenoxy) is 1. The van der Waals surface area contributed by atoms with Crippen LogP contribution in [0.15, 0.2) is 47.4 Å². The van der Waals surface area contributed by atoms with Crippen LogP contribution in [0, 0.1) is 0 Å². The third-order valence-electron chi connectivity index (χ3n) is 3.74. The molecule has 9 heteroatoms. The fourth-order valence-corrected chi connectivity index (χ4v) is 4.18. The number of sulfonamides is 1. The summed E-state index contributed by atoms with van der Waals surface area (Å²) in [5, 5.41) is 6.68. The third-order valence-corrected chi connectivity index (χ3v) is 5.81. The van der Waals surface area contributed by atoms with E-state index in [1.54, 1.807) is 30.3 Å². The van der Waals surface area contributed by atoms with Gasteiger partial charge in [0.15, 0.2) is 5.11 Å². The van der Waals surface area contributed by atoms with Crippen LogP contribution in [0.4, 0.5) is 11.4 Å². The topological polar surface area (TPSA) is 79.5 Å². The Morgan fingerprint density at radius 1 is 1.23 bits per heavy atom. The number of thiocarbonyl (C=S) groups is 1. The van der Waals surface area contributed by atoms with E-state index in [4.69, 9.17) is 28.6 Å². The summed E-state index contributed by atoms with van der Waals surface area (Å²) in [5.41, 5.74) is 0.864. The van der Waals surface area contributed by atoms with Gasteiger partial charge in [-0.05, 0) is 55.4 Å². The van der Waals surface area contributed by atoms with Gasteiger partial charge in [-0.3, -0.25) is 4.72 Å². The number of methoxy groups -OCH3 is 1. The molecule has 2 aromatic carbocycles. The first-order valence-corrected chi connectivity index (χ1v) is 10.2. The van der Waals surface area contributed by atoms with E-state index in [1.165, 1.54) is 19.2 Å². The van der Waals surface area contributed by atoms with Crippen LogP contribution in [0.3, 0.4) is 0 Å². The van der Waals surface area contributed by atoms with Crippen LogP contribution in [-0.4, -0.2) is 26.7 Å². The molecule has 0 heterocycles. The van der Waals surface area contributed by atoms with Gasteiger partial charge in [0.2, 0.25) is 0 Å². The Bertz CT molecular complexity index is 931. The van der Waals surface area contributed by atoms with Crippen LogP contribution in [-0.2, 0) is 10.0 Å². The maximum absolute atomic E-state index is 12.8. The average molecular weight is 412 g/mol. The molecule has 0 aliphatic heterocycles. The van der Waals surface area contributed by atoms with Gasteiger partial charge in [0.05, 0.1) is 17.8 Å². The summed E-state index contributed by atoms with van der Waals surface area (Å²) in [4.78, 5) is -0.0516. The largest absolute Gasteiger partial charge is 0.495 e. The predicted molar refractivity (Wildman–Crippen MR) is 108 cm³/mol. The van der Waals surface area contributed by atoms with E-state index in [-0.39, 0.29) is 9.92 Å². The molecule has 0 amide bonds. The molecular weight excluding hydrogens is 394 g/mol. The van der Waals surface area contributed by atoms with Gasteiger partial charge in [0, 0.05) is 11.7 Å². The fraction of sp³-hybridized carbons (Fsp3) is 0.235. The second-order valence-electron chi connectivity index (χ2n) is 5.82. The first-order valence-electron chi connectivity index (χ1n) is 7.92. The molecule has 3 N–H and O–H groups in total. The molecule has 0 atom stereocenters. The summed E-state index contributed by atoms with van der Waals surface area (Å²) in [5.74, 6) is 0.413. The second-order valence-corrected chi connectivity index (χ2v) is 8.29. The number of rotatable bonds is 6. The van der Waals surface area contributed by atoms with E-state index >= 15 is 0 Å². The lowest BCUT2D eigenvalue weighted by atomic mass is 10.3. The molecule has 2 aromatic rings. The lowest BCUT2D eigenvalue weighted by Crippen LogP contribution is -2.30. The minimum Gasteiger partial charge on any atom is -0.495 e. The first kappa shape index (κ1) is 18.8. The molecule has 1 aliphatic rings. The lowest BCUT2D eigenvalue weighted by Gasteiger charge is -2.14. The highest BCUT2D eigenvalue weighted by Gasteiger charge is 2.23. The highest BCUT2D eigenvalue weighted by Crippen LogP contribution is 2.30. The summed E-state index contributed by atoms with van der Waals surface area (Å²) in [6, 6.07) is 11.8. The SMILES string of the molecule is COc1ccccc1NS(=O)(=O)c1cc(NC(=S)NC2CC2)ccc1Cl. The van der Waals surface area contributed by atoms with E-state index in [2.05, 4.69) is 15.4 Å². The van der Waals surface area contributed by atoms with Crippen molar-refractivity contribution in [3.05, 3.63) is 47.5 Å². The van der Waals surface area contributed by atoms with Crippen molar-refractivity contribution in [2.75, 3.05) is 17.1 Å². The van der Waals surface area contributed by atoms with E-state index in [0.29, 0.717) is 28.3 Å². The van der Waals surface area contributed by atoms with E-state index in [0.717, 1.165) is 12.8 Å². The molecule has 0 aromatic heterocycles. The smallest absolute Gasteiger partial charge is 0.263 e. The van der Waals surface area contributed by atoms with Crippen LogP contribution in [0.1, 0.15) is 12.8 Å². The number of para-hydroxylation sites is 2. The summed E-state index contributed by atoms with van der Waals surface area (Å²) >= 11 is 11.3. The maximum Gasteiger partial charge on any atom is 0.263 e. The Kier molecular flexibility index (Phi) is 5.55. The first-order chi connectivity index (χ1) is 12.4. The average Bonchev–Trinajstić information content (AvgIpc) is 3.40. The van der Waals surface area contributed by atoms with Crippen molar-refractivity contribution in [1.29, 1.82) is 0 Å². The number of halogens is 1. The molecular formula is C17H18ClN3O3S2. The lowest BCUT2D eigenvalue weighted by molar-refractivity contribution is 0.417. The van der Waals surface area contributed by atoms with Crippen LogP contribution in [0.25, 0.3) is 0 Å². The number of hydrogen-bond donors (Lipinski definition) is 3. The molecule has 138 valence electrons. The van der Waals surface area contributed by atoms with Crippen LogP contribution in [0.2, 0.25) is 5.02 Å². The van der Waals surface area contributed by atoms with Crippen LogP contribution >= 0.6 is 23.8 Å². The van der Waals surface area contributed by atoms with Gasteiger partial charge >= 0.3 is 0 Å². The van der Waals surface area contributed by atoms with Crippen molar-refractivity contribution >= 4 is 50.3 Å². The molecule has 0 spiro atoms. The standard InChI is InChI=1S/C17H18ClN3O3S2/c1-24-15-5-3-2-4-14(15)21-26(22,23)16-10-12(8-9-13(16)18)20-17(25)19-11-6-7-11/h2-5,8-11,21H,6-7H2,1H3,(H2,19,20,25). The molecule has 1 aliphatic carbocycles. The van der Waals surface area contributed by atoms with Crippen molar-refractivity contribution < 1.29 is 13.2 Å². The zero-order valence-electron chi connectivity index (χ0n) is 14.0. The Hall–Kier alpha value is -2.03. The highest BCUT2D eigenvalue weighted by atomic mass is 35.5. The molecule has 0 saturated heterocycles. The molecule has 0 bridgehead atoms. The fourth-order valence-electron chi connectivity index (χ4n) is 2.30. The number of hydrogen-bond acceptors (Lipinski definition) is 4. The van der Waals surface area contributed by atoms with E-state index in [9.17, 15) is 8.42 Å². The predicted octanol–water partition coefficient (Wildman–Crippen LogP) is 3.60. The van der Waals surface area contributed by atoms with Gasteiger partial charge in [-0.2, -0.15) is 0 Å². The number of nitrogens with one attached hydrogen (secondary N) is 3. The molecule has 0 unspecified atom stereocenters. The third kappa shape index (κ3) is 4.57. The van der Waals surface area contributed by atoms with Crippen molar-refractivity contribution in [1.82, 2.24) is 5.32 Å². The minimum atomic E-state index is -3.91. The van der Waals surface area contributed by atoms with Gasteiger partial charge in [-0.15, -0.1) is 0 Å². The molecule has 1 fully saturated rings. The van der Waals surface area contributed by atoms with Gasteiger partial charge in [-0.25, -0.2) is 8.42 Å². The summed E-state index contributed by atoms with van der Waals surface area (Å²) < 4.78 is 33.3. The Labute approximate surface area is 162 Å². The van der Waals surface area contributed by atoms with Crippen molar-refractivity contribution in [3.63, 3.8) is 0 Å². The highest BCUT2D eigenvalue weighted by molar-refractivity contribution is 7.92. The van der Waals surface area contributed by atoms with Crippen molar-refractivity contribution in [3.8, 4) is 5.75 Å². The van der Waals surface area contributed by atoms with E-state index < -0.39 is 10.0 Å². The molecule has 1 saturated carbocycles. The van der Waals surface area contributed by atoms with Crippen LogP contribution in [0.5, 0.6) is 5.75 Å². The zero-order valence-corrected chi connectivity index (χ0v) is 16.3. The van der Waals surface area contributed by atoms with Crippen LogP contribution < -0.4 is 20.1 Å². The Morgan fingerprint density at radius 2 is 1.96 bits per heavy atom. The molecule has 26 heavy (non-hydrogen) atoms. The van der Waals surface area contributed by atoms with Crippen molar-refractivity contribution in [2.24, 2.45) is 0 Å². The number of benzene rings is 2. The van der Waals surface area contributed by atoms with Gasteiger partial charge in [0.25, 0.3) is 10.0 Å². The summed E-state index contributed by atoms with van der Waals surface area (Å²) in [7, 11) is -2.44. The Morgan fingerprint density at radius 3 is 2.65 bits per heavy atom. The zero-order chi connectivity index (χ0) is 18.7. The summed E-state index contributed by atoms with van der Waals surface area (Å²) in [6.45, 7) is 0. The number of anilines is 2. The second kappa shape index (κ2) is 7.69. The molecule has 0 radical (unpaired) electrons. The molecule has 3 rings (SSSR count). The monoisotopic (exact) mass is 411 g/mol. The quantitative estimate of drug-likeness (QED) is 0.630. The van der Waals surface area contributed by atoms with E-state index in [1.807, 2.05) is 0 Å². The maximum atomic E-state index is 12.8. The van der Waals surface area contributed by atoms with Crippen molar-refractivity contribution in [2.45, 2.75) is 23.8 Å². The van der Waals surface area contributed by atoms with Gasteiger partial charge < -0.3 is 15.4 Å². The normalized spacial score (nSPS) is 13.8. The Balaban J connectivity index is 1.84.